The molecule has 0 bridgehead atoms. The second kappa shape index (κ2) is 36.5. The first kappa shape index (κ1) is 57.5. The molecule has 12 heteroatoms. The third kappa shape index (κ3) is 29.6. The number of pyridine rings is 1. The number of ether oxygens (including phenoxy) is 1. The zero-order valence-electron chi connectivity index (χ0n) is 38.3. The van der Waals surface area contributed by atoms with Crippen molar-refractivity contribution in [1.82, 2.24) is 10.3 Å². The number of Topliss-reactive ketones (excluding diaryl/α,β-unsaturated/α-hetero) is 1. The molecule has 1 aromatic heterocycles. The number of hydrogen-bond donors (Lipinski definition) is 3. The number of carbonyl (C=O) groups excluding carboxylic acids is 3. The Morgan fingerprint density at radius 3 is 1.42 bits per heavy atom. The van der Waals surface area contributed by atoms with Crippen LogP contribution >= 0.6 is 11.6 Å². The number of alkyl halides is 3. The lowest BCUT2D eigenvalue weighted by atomic mass is 10.2. The Morgan fingerprint density at radius 1 is 0.575 bits per heavy atom. The van der Waals surface area contributed by atoms with Gasteiger partial charge in [-0.1, -0.05) is 17.5 Å². The van der Waals surface area contributed by atoms with Crippen LogP contribution in [0, 0.1) is 202 Å². The van der Waals surface area contributed by atoms with Crippen molar-refractivity contribution in [2.45, 2.75) is 39.3 Å². The van der Waals surface area contributed by atoms with Crippen LogP contribution in [0.3, 0.4) is 0 Å². The van der Waals surface area contributed by atoms with E-state index in [-0.39, 0.29) is 23.1 Å². The van der Waals surface area contributed by atoms with Crippen LogP contribution in [0.4, 0.5) is 29.3 Å². The minimum atomic E-state index is -4.66. The first-order valence-corrected chi connectivity index (χ1v) is 20.6. The van der Waals surface area contributed by atoms with E-state index in [1.165, 1.54) is 37.4 Å². The lowest BCUT2D eigenvalue weighted by Crippen LogP contribution is -2.25. The number of nitrogens with zero attached hydrogens (tertiary/aromatic N) is 1. The molecular formula is C61H28ClF3N4O4. The van der Waals surface area contributed by atoms with Gasteiger partial charge < -0.3 is 25.5 Å². The van der Waals surface area contributed by atoms with Crippen molar-refractivity contribution in [2.24, 2.45) is 0 Å². The highest BCUT2D eigenvalue weighted by Gasteiger charge is 2.33. The van der Waals surface area contributed by atoms with Gasteiger partial charge in [0.15, 0.2) is 0 Å². The molecule has 0 saturated carbocycles. The Balaban J connectivity index is 0.000000503. The molecule has 0 fully saturated rings. The molecule has 0 aliphatic rings. The highest BCUT2D eigenvalue weighted by atomic mass is 35.5. The summed E-state index contributed by atoms with van der Waals surface area (Å²) in [4.78, 5) is 39.5. The molecule has 0 spiro atoms. The van der Waals surface area contributed by atoms with Crippen LogP contribution in [0.1, 0.15) is 49.2 Å². The Morgan fingerprint density at radius 2 is 1.00 bits per heavy atom. The summed E-state index contributed by atoms with van der Waals surface area (Å²) in [7, 11) is 0. The van der Waals surface area contributed by atoms with E-state index in [0.29, 0.717) is 43.0 Å². The quantitative estimate of drug-likeness (QED) is 0.145. The lowest BCUT2D eigenvalue weighted by Gasteiger charge is -2.12. The van der Waals surface area contributed by atoms with Crippen LogP contribution in [-0.2, 0) is 11.0 Å². The number of urea groups is 1. The number of aromatic nitrogens is 1. The molecule has 0 unspecified atom stereocenters. The molecule has 8 nitrogen and oxygen atoms in total. The number of ketones is 1. The van der Waals surface area contributed by atoms with Crippen molar-refractivity contribution in [3.8, 4) is 213 Å². The molecule has 344 valence electrons. The molecule has 0 aliphatic heterocycles. The Hall–Kier alpha value is -11.6. The van der Waals surface area contributed by atoms with Crippen molar-refractivity contribution in [3.05, 3.63) is 77.1 Å². The monoisotopic (exact) mass is 972 g/mol. The molecule has 0 saturated heterocycles. The SMILES string of the molecule is C#CC#CC#CC#CC#CC#CC#CC#CC#CC#CC#CC#CC#CC#CC#CC#CC#CC.CC(=O)CCCCNC(=O)c1cc(Oc2ccc(NC(=O)Nc3ccc(Cl)c(C(F)(F)F)c3)cc2)ccn1. The molecule has 73 heavy (non-hydrogen) atoms. The van der Waals surface area contributed by atoms with E-state index < -0.39 is 22.8 Å². The van der Waals surface area contributed by atoms with Gasteiger partial charge in [-0.2, -0.15) is 13.2 Å². The molecule has 0 radical (unpaired) electrons. The van der Waals surface area contributed by atoms with Gasteiger partial charge in [0, 0.05) is 131 Å². The lowest BCUT2D eigenvalue weighted by molar-refractivity contribution is -0.137. The molecular weight excluding hydrogens is 945 g/mol. The molecule has 0 aliphatic carbocycles. The molecule has 3 amide bonds. The van der Waals surface area contributed by atoms with E-state index in [4.69, 9.17) is 22.8 Å². The van der Waals surface area contributed by atoms with Crippen LogP contribution in [0.15, 0.2) is 60.8 Å². The highest BCUT2D eigenvalue weighted by Crippen LogP contribution is 2.36. The van der Waals surface area contributed by atoms with Crippen LogP contribution in [0.5, 0.6) is 11.5 Å². The number of anilines is 2. The third-order valence-electron chi connectivity index (χ3n) is 7.15. The number of benzene rings is 2. The largest absolute Gasteiger partial charge is 0.457 e. The average molecular weight is 973 g/mol. The summed E-state index contributed by atoms with van der Waals surface area (Å²) in [5.74, 6) is 82.4. The number of carbonyl (C=O) groups is 3. The smallest absolute Gasteiger partial charge is 0.417 e. The number of nitrogens with one attached hydrogen (secondary N) is 3. The van der Waals surface area contributed by atoms with Gasteiger partial charge in [0.2, 0.25) is 0 Å². The van der Waals surface area contributed by atoms with Crippen molar-refractivity contribution < 1.29 is 32.3 Å². The van der Waals surface area contributed by atoms with E-state index in [9.17, 15) is 27.6 Å². The van der Waals surface area contributed by atoms with Crippen LogP contribution in [0.2, 0.25) is 5.02 Å². The summed E-state index contributed by atoms with van der Waals surface area (Å²) < 4.78 is 44.8. The van der Waals surface area contributed by atoms with Gasteiger partial charge >= 0.3 is 12.2 Å². The second-order valence-electron chi connectivity index (χ2n) is 12.5. The van der Waals surface area contributed by atoms with E-state index in [0.717, 1.165) is 12.1 Å². The minimum Gasteiger partial charge on any atom is -0.457 e. The van der Waals surface area contributed by atoms with Gasteiger partial charge in [-0.05, 0) is 170 Å². The van der Waals surface area contributed by atoms with Gasteiger partial charge in [-0.3, -0.25) is 9.78 Å². The zero-order chi connectivity index (χ0) is 53.0. The molecule has 3 N–H and O–H groups in total. The molecule has 1 heterocycles. The predicted molar refractivity (Wildman–Crippen MR) is 276 cm³/mol. The number of terminal acetylenes is 1. The summed E-state index contributed by atoms with van der Waals surface area (Å²) in [6.45, 7) is 3.63. The first-order valence-electron chi connectivity index (χ1n) is 20.3. The van der Waals surface area contributed by atoms with Crippen molar-refractivity contribution in [3.63, 3.8) is 0 Å². The van der Waals surface area contributed by atoms with Gasteiger partial charge in [0.1, 0.15) is 23.0 Å². The summed E-state index contributed by atoms with van der Waals surface area (Å²) in [5, 5.41) is 7.11. The maximum Gasteiger partial charge on any atom is 0.417 e. The van der Waals surface area contributed by atoms with Crippen LogP contribution < -0.4 is 20.7 Å². The molecule has 3 aromatic rings. The Labute approximate surface area is 428 Å². The number of halogens is 4. The number of rotatable bonds is 10. The standard InChI is InChI=1S/C35H4.C26H24ClF3N4O4/c1-3-5-7-9-11-13-15-17-19-21-23-25-27-29-31-33-35-34-32-30-28-26-24-22-20-18-16-14-12-10-8-6-4-2;1-16(35)4-2-3-12-32-24(36)23-15-20(11-13-31-23)38-19-8-5-17(6-9-19)33-25(37)34-18-7-10-22(27)21(14-18)26(28,29)30/h1H,2H3;5-11,13-15H,2-4,12H2,1H3,(H,32,36)(H2,33,34,37). The number of hydrogen-bond acceptors (Lipinski definition) is 5. The van der Waals surface area contributed by atoms with E-state index in [2.05, 4.69) is 216 Å². The van der Waals surface area contributed by atoms with Gasteiger partial charge in [0.25, 0.3) is 5.91 Å². The van der Waals surface area contributed by atoms with Gasteiger partial charge in [-0.25, -0.2) is 4.79 Å². The average Bonchev–Trinajstić information content (AvgIpc) is 3.36. The molecule has 0 atom stereocenters. The fourth-order valence-electron chi connectivity index (χ4n) is 4.25. The van der Waals surface area contributed by atoms with Crippen molar-refractivity contribution in [2.75, 3.05) is 17.2 Å². The summed E-state index contributed by atoms with van der Waals surface area (Å²) in [6.07, 6.45) is 3.54. The fraction of sp³-hybridized carbons (Fsp3) is 0.115. The highest BCUT2D eigenvalue weighted by molar-refractivity contribution is 6.31. The topological polar surface area (TPSA) is 109 Å². The van der Waals surface area contributed by atoms with E-state index in [1.54, 1.807) is 25.1 Å². The van der Waals surface area contributed by atoms with Crippen LogP contribution in [-0.4, -0.2) is 29.3 Å². The summed E-state index contributed by atoms with van der Waals surface area (Å²) in [6, 6.07) is 11.6. The Kier molecular flexibility index (Phi) is 28.8. The van der Waals surface area contributed by atoms with Gasteiger partial charge in [0.05, 0.1) is 10.6 Å². The first-order chi connectivity index (χ1) is 35.4. The fourth-order valence-corrected chi connectivity index (χ4v) is 4.48. The van der Waals surface area contributed by atoms with Crippen LogP contribution in [0.25, 0.3) is 0 Å². The van der Waals surface area contributed by atoms with Crippen molar-refractivity contribution in [1.29, 1.82) is 0 Å². The maximum absolute atomic E-state index is 13.0. The number of unbranched alkanes of at least 4 members (excludes halogenated alkanes) is 1. The second-order valence-corrected chi connectivity index (χ2v) is 12.9. The maximum atomic E-state index is 13.0. The number of amides is 3. The van der Waals surface area contributed by atoms with Gasteiger partial charge in [-0.15, -0.1) is 6.42 Å². The normalized spacial score (nSPS) is 7.58. The summed E-state index contributed by atoms with van der Waals surface area (Å²) >= 11 is 5.59. The zero-order valence-corrected chi connectivity index (χ0v) is 39.0. The summed E-state index contributed by atoms with van der Waals surface area (Å²) in [5.41, 5.74) is -0.605. The molecule has 2 aromatic carbocycles. The van der Waals surface area contributed by atoms with E-state index >= 15 is 0 Å². The predicted octanol–water partition coefficient (Wildman–Crippen LogP) is 7.37. The Bertz CT molecular complexity index is 3730. The van der Waals surface area contributed by atoms with E-state index in [1.807, 2.05) is 0 Å². The minimum absolute atomic E-state index is 0.0761. The third-order valence-corrected chi connectivity index (χ3v) is 7.48. The van der Waals surface area contributed by atoms with Crippen molar-refractivity contribution >= 4 is 40.7 Å². The molecule has 3 rings (SSSR count).